The first-order valence-electron chi connectivity index (χ1n) is 5.95. The number of carbonyl (C=O) groups excluding carboxylic acids is 2. The molecule has 1 atom stereocenters. The van der Waals surface area contributed by atoms with E-state index in [0.29, 0.717) is 11.3 Å². The molecule has 0 unspecified atom stereocenters. The van der Waals surface area contributed by atoms with Crippen LogP contribution in [0.25, 0.3) is 0 Å². The fraction of sp³-hybridized carbons (Fsp3) is 0.308. The normalized spacial score (nSPS) is 11.4. The van der Waals surface area contributed by atoms with Gasteiger partial charge in [-0.1, -0.05) is 0 Å². The van der Waals surface area contributed by atoms with Crippen molar-refractivity contribution in [1.82, 2.24) is 5.32 Å². The number of carbonyl (C=O) groups is 3. The summed E-state index contributed by atoms with van der Waals surface area (Å²) in [4.78, 5) is 32.8. The number of amides is 2. The van der Waals surface area contributed by atoms with Crippen molar-refractivity contribution in [3.63, 3.8) is 0 Å². The summed E-state index contributed by atoms with van der Waals surface area (Å²) in [5.41, 5.74) is 5.46. The van der Waals surface area contributed by atoms with Gasteiger partial charge in [0.2, 0.25) is 11.8 Å². The van der Waals surface area contributed by atoms with Crippen LogP contribution < -0.4 is 15.8 Å². The maximum absolute atomic E-state index is 11.4. The molecule has 0 bridgehead atoms. The Morgan fingerprint density at radius 1 is 1.30 bits per heavy atom. The van der Waals surface area contributed by atoms with Crippen molar-refractivity contribution in [1.29, 1.82) is 0 Å². The Morgan fingerprint density at radius 3 is 2.40 bits per heavy atom. The number of rotatable bonds is 7. The molecule has 20 heavy (non-hydrogen) atoms. The van der Waals surface area contributed by atoms with Crippen LogP contribution in [0.4, 0.5) is 0 Å². The van der Waals surface area contributed by atoms with Crippen LogP contribution in [-0.4, -0.2) is 35.5 Å². The van der Waals surface area contributed by atoms with Crippen molar-refractivity contribution in [3.05, 3.63) is 29.8 Å². The molecule has 2 amide bonds. The van der Waals surface area contributed by atoms with E-state index in [9.17, 15) is 14.4 Å². The standard InChI is InChI=1S/C13H16N2O5/c1-8(13(18)19)15-11(16)6-7-20-10-4-2-9(3-5-10)12(14)17/h2-5,8H,6-7H2,1H3,(H2,14,17)(H,15,16)(H,18,19)/t8-/m1/s1. The van der Waals surface area contributed by atoms with E-state index in [1.54, 1.807) is 12.1 Å². The van der Waals surface area contributed by atoms with Gasteiger partial charge < -0.3 is 20.9 Å². The average Bonchev–Trinajstić information content (AvgIpc) is 2.39. The molecule has 4 N–H and O–H groups in total. The van der Waals surface area contributed by atoms with Gasteiger partial charge in [-0.2, -0.15) is 0 Å². The van der Waals surface area contributed by atoms with E-state index >= 15 is 0 Å². The van der Waals surface area contributed by atoms with Crippen LogP contribution in [0.15, 0.2) is 24.3 Å². The molecule has 0 aromatic heterocycles. The summed E-state index contributed by atoms with van der Waals surface area (Å²) in [6, 6.07) is 5.24. The van der Waals surface area contributed by atoms with Crippen LogP contribution in [0, 0.1) is 0 Å². The van der Waals surface area contributed by atoms with E-state index in [1.165, 1.54) is 19.1 Å². The number of primary amides is 1. The zero-order valence-corrected chi connectivity index (χ0v) is 11.0. The highest BCUT2D eigenvalue weighted by molar-refractivity contribution is 5.92. The summed E-state index contributed by atoms with van der Waals surface area (Å²) in [6.45, 7) is 1.48. The highest BCUT2D eigenvalue weighted by Gasteiger charge is 2.13. The number of nitrogens with two attached hydrogens (primary N) is 1. The number of benzene rings is 1. The Kier molecular flexibility index (Phi) is 5.52. The molecule has 0 saturated carbocycles. The lowest BCUT2D eigenvalue weighted by Gasteiger charge is -2.10. The summed E-state index contributed by atoms with van der Waals surface area (Å²) in [6.07, 6.45) is 0.0369. The van der Waals surface area contributed by atoms with Gasteiger partial charge in [-0.3, -0.25) is 14.4 Å². The lowest BCUT2D eigenvalue weighted by atomic mass is 10.2. The number of hydrogen-bond donors (Lipinski definition) is 3. The topological polar surface area (TPSA) is 119 Å². The Bertz CT molecular complexity index is 498. The zero-order chi connectivity index (χ0) is 15.1. The molecule has 0 aliphatic heterocycles. The van der Waals surface area contributed by atoms with Crippen LogP contribution in [0.1, 0.15) is 23.7 Å². The van der Waals surface area contributed by atoms with Crippen molar-refractivity contribution in [3.8, 4) is 5.75 Å². The predicted octanol–water partition coefficient (Wildman–Crippen LogP) is 0.144. The summed E-state index contributed by atoms with van der Waals surface area (Å²) in [7, 11) is 0. The van der Waals surface area contributed by atoms with Crippen LogP contribution in [-0.2, 0) is 9.59 Å². The molecule has 0 fully saturated rings. The van der Waals surface area contributed by atoms with Gasteiger partial charge >= 0.3 is 5.97 Å². The molecule has 1 aromatic rings. The Labute approximate surface area is 115 Å². The van der Waals surface area contributed by atoms with E-state index in [4.69, 9.17) is 15.6 Å². The van der Waals surface area contributed by atoms with Gasteiger partial charge in [-0.15, -0.1) is 0 Å². The quantitative estimate of drug-likeness (QED) is 0.656. The highest BCUT2D eigenvalue weighted by atomic mass is 16.5. The van der Waals surface area contributed by atoms with Crippen LogP contribution >= 0.6 is 0 Å². The molecule has 7 nitrogen and oxygen atoms in total. The molecule has 1 aromatic carbocycles. The molecule has 0 aliphatic rings. The molecule has 1 rings (SSSR count). The molecule has 0 saturated heterocycles. The van der Waals surface area contributed by atoms with Crippen molar-refractivity contribution in [2.45, 2.75) is 19.4 Å². The number of carboxylic acid groups (broad SMARTS) is 1. The number of nitrogens with one attached hydrogen (secondary N) is 1. The third-order valence-electron chi connectivity index (χ3n) is 2.48. The van der Waals surface area contributed by atoms with Crippen LogP contribution in [0.3, 0.4) is 0 Å². The zero-order valence-electron chi connectivity index (χ0n) is 11.0. The summed E-state index contributed by atoms with van der Waals surface area (Å²) in [5.74, 6) is -1.54. The first kappa shape index (κ1) is 15.5. The molecule has 0 radical (unpaired) electrons. The lowest BCUT2D eigenvalue weighted by Crippen LogP contribution is -2.38. The second kappa shape index (κ2) is 7.13. The highest BCUT2D eigenvalue weighted by Crippen LogP contribution is 2.11. The van der Waals surface area contributed by atoms with Crippen molar-refractivity contribution in [2.75, 3.05) is 6.61 Å². The SMILES string of the molecule is C[C@@H](NC(=O)CCOc1ccc(C(N)=O)cc1)C(=O)O. The first-order valence-corrected chi connectivity index (χ1v) is 5.95. The minimum absolute atomic E-state index is 0.0369. The Hall–Kier alpha value is -2.57. The molecular weight excluding hydrogens is 264 g/mol. The van der Waals surface area contributed by atoms with E-state index < -0.39 is 23.8 Å². The van der Waals surface area contributed by atoms with E-state index in [1.807, 2.05) is 0 Å². The van der Waals surface area contributed by atoms with Crippen LogP contribution in [0.2, 0.25) is 0 Å². The number of carboxylic acids is 1. The fourth-order valence-corrected chi connectivity index (χ4v) is 1.35. The summed E-state index contributed by atoms with van der Waals surface area (Å²) < 4.78 is 5.29. The molecule has 0 aliphatic carbocycles. The fourth-order valence-electron chi connectivity index (χ4n) is 1.35. The maximum atomic E-state index is 11.4. The molecule has 7 heteroatoms. The van der Waals surface area contributed by atoms with Crippen molar-refractivity contribution >= 4 is 17.8 Å². The molecule has 108 valence electrons. The van der Waals surface area contributed by atoms with E-state index in [0.717, 1.165) is 0 Å². The number of hydrogen-bond acceptors (Lipinski definition) is 4. The van der Waals surface area contributed by atoms with Gasteiger partial charge in [-0.25, -0.2) is 0 Å². The largest absolute Gasteiger partial charge is 0.493 e. The minimum atomic E-state index is -1.10. The first-order chi connectivity index (χ1) is 9.40. The predicted molar refractivity (Wildman–Crippen MR) is 70.3 cm³/mol. The second-order valence-corrected chi connectivity index (χ2v) is 4.11. The minimum Gasteiger partial charge on any atom is -0.493 e. The van der Waals surface area contributed by atoms with Gasteiger partial charge in [0, 0.05) is 5.56 Å². The third kappa shape index (κ3) is 4.97. The van der Waals surface area contributed by atoms with E-state index in [-0.39, 0.29) is 13.0 Å². The Balaban J connectivity index is 2.35. The van der Waals surface area contributed by atoms with E-state index in [2.05, 4.69) is 5.32 Å². The monoisotopic (exact) mass is 280 g/mol. The molecule has 0 spiro atoms. The smallest absolute Gasteiger partial charge is 0.325 e. The van der Waals surface area contributed by atoms with Crippen molar-refractivity contribution < 1.29 is 24.2 Å². The van der Waals surface area contributed by atoms with Gasteiger partial charge in [0.15, 0.2) is 0 Å². The van der Waals surface area contributed by atoms with Gasteiger partial charge in [-0.05, 0) is 31.2 Å². The Morgan fingerprint density at radius 2 is 1.90 bits per heavy atom. The van der Waals surface area contributed by atoms with Gasteiger partial charge in [0.05, 0.1) is 13.0 Å². The van der Waals surface area contributed by atoms with Crippen molar-refractivity contribution in [2.24, 2.45) is 5.73 Å². The molecule has 0 heterocycles. The summed E-state index contributed by atoms with van der Waals surface area (Å²) in [5, 5.41) is 10.9. The summed E-state index contributed by atoms with van der Waals surface area (Å²) >= 11 is 0. The number of ether oxygens (including phenoxy) is 1. The van der Waals surface area contributed by atoms with Crippen LogP contribution in [0.5, 0.6) is 5.75 Å². The maximum Gasteiger partial charge on any atom is 0.325 e. The average molecular weight is 280 g/mol. The van der Waals surface area contributed by atoms with Gasteiger partial charge in [0.1, 0.15) is 11.8 Å². The second-order valence-electron chi connectivity index (χ2n) is 4.11. The van der Waals surface area contributed by atoms with Gasteiger partial charge in [0.25, 0.3) is 0 Å². The third-order valence-corrected chi connectivity index (χ3v) is 2.48. The lowest BCUT2D eigenvalue weighted by molar-refractivity contribution is -0.141. The number of aliphatic carboxylic acids is 1. The molecular formula is C13H16N2O5.